The summed E-state index contributed by atoms with van der Waals surface area (Å²) in [6.07, 6.45) is -0.575. The third kappa shape index (κ3) is 7.85. The van der Waals surface area contributed by atoms with E-state index < -0.39 is 35.1 Å². The number of aliphatic hydroxyl groups is 1. The molecule has 0 spiro atoms. The van der Waals surface area contributed by atoms with E-state index in [1.165, 1.54) is 4.90 Å². The summed E-state index contributed by atoms with van der Waals surface area (Å²) < 4.78 is 101. The first kappa shape index (κ1) is 38.8. The standard InChI is InChI=1S/C37H48F6N2O6/c1-3-10-25-21-28(35(48,36(38,39)40)37(41,42)43)22-26(14-13-24-11-6-5-7-12-24)31(25)51-18-9-8-17-45-32(46)34(4-2,44-33(45)47)27-15-16-29-30(23-27)50-20-19-49-29/h15-16,21-22,24,27,48H,3-14,17-20,23H2,1-2H3,(H,44,47). The molecule has 2 N–H and O–H groups in total. The van der Waals surface area contributed by atoms with Crippen LogP contribution in [0.5, 0.6) is 5.75 Å². The number of allylic oxidation sites excluding steroid dienone is 2. The van der Waals surface area contributed by atoms with Crippen LogP contribution >= 0.6 is 0 Å². The number of nitrogens with zero attached hydrogens (tertiary/aromatic N) is 1. The van der Waals surface area contributed by atoms with Crippen molar-refractivity contribution in [1.82, 2.24) is 10.2 Å². The third-order valence-electron chi connectivity index (χ3n) is 10.7. The molecule has 2 heterocycles. The van der Waals surface area contributed by atoms with Crippen molar-refractivity contribution in [2.45, 2.75) is 121 Å². The summed E-state index contributed by atoms with van der Waals surface area (Å²) in [5, 5.41) is 13.2. The van der Waals surface area contributed by atoms with Crippen LogP contribution in [0.4, 0.5) is 31.1 Å². The molecule has 8 nitrogen and oxygen atoms in total. The molecule has 1 saturated carbocycles. The number of halogens is 6. The summed E-state index contributed by atoms with van der Waals surface area (Å²) >= 11 is 0. The van der Waals surface area contributed by atoms with E-state index in [0.717, 1.165) is 44.2 Å². The number of amides is 3. The summed E-state index contributed by atoms with van der Waals surface area (Å²) in [6, 6.07) is 1.06. The second-order valence-electron chi connectivity index (χ2n) is 14.0. The number of unbranched alkanes of at least 4 members (excludes halogenated alkanes) is 1. The number of hydrogen-bond acceptors (Lipinski definition) is 6. The Labute approximate surface area is 294 Å². The predicted molar refractivity (Wildman–Crippen MR) is 176 cm³/mol. The monoisotopic (exact) mass is 730 g/mol. The first-order chi connectivity index (χ1) is 24.2. The largest absolute Gasteiger partial charge is 0.493 e. The fraction of sp³-hybridized carbons (Fsp3) is 0.676. The SMILES string of the molecule is CCCc1cc(C(O)(C(F)(F)F)C(F)(F)F)cc(CCC2CCCCC2)c1OCCCCN1C(=O)NC(CC)(C2C=CC3=C(C2)OCCO3)C1=O. The van der Waals surface area contributed by atoms with Crippen LogP contribution in [0.2, 0.25) is 0 Å². The number of hydrogen-bond donors (Lipinski definition) is 2. The van der Waals surface area contributed by atoms with Gasteiger partial charge in [0, 0.05) is 24.4 Å². The lowest BCUT2D eigenvalue weighted by molar-refractivity contribution is -0.376. The smallest absolute Gasteiger partial charge is 0.430 e. The van der Waals surface area contributed by atoms with E-state index in [9.17, 15) is 41.0 Å². The van der Waals surface area contributed by atoms with Gasteiger partial charge < -0.3 is 24.6 Å². The Kier molecular flexibility index (Phi) is 11.9. The maximum absolute atomic E-state index is 14.0. The lowest BCUT2D eigenvalue weighted by atomic mass is 9.77. The first-order valence-corrected chi connectivity index (χ1v) is 18.1. The number of imide groups is 1. The number of carbonyl (C=O) groups is 2. The Morgan fingerprint density at radius 1 is 0.961 bits per heavy atom. The van der Waals surface area contributed by atoms with Gasteiger partial charge in [-0.3, -0.25) is 9.69 Å². The molecule has 0 bridgehead atoms. The maximum atomic E-state index is 14.0. The molecule has 2 aliphatic heterocycles. The zero-order valence-corrected chi connectivity index (χ0v) is 29.2. The van der Waals surface area contributed by atoms with Crippen molar-refractivity contribution in [2.75, 3.05) is 26.4 Å². The van der Waals surface area contributed by atoms with Crippen LogP contribution in [0.1, 0.15) is 101 Å². The highest BCUT2D eigenvalue weighted by Gasteiger charge is 2.71. The molecule has 284 valence electrons. The van der Waals surface area contributed by atoms with Gasteiger partial charge in [-0.1, -0.05) is 58.4 Å². The molecule has 0 radical (unpaired) electrons. The minimum Gasteiger partial charge on any atom is -0.493 e. The van der Waals surface area contributed by atoms with Crippen LogP contribution in [0.25, 0.3) is 0 Å². The molecule has 2 unspecified atom stereocenters. The van der Waals surface area contributed by atoms with Gasteiger partial charge in [-0.05, 0) is 73.8 Å². The average molecular weight is 731 g/mol. The van der Waals surface area contributed by atoms with Gasteiger partial charge in [-0.15, -0.1) is 0 Å². The van der Waals surface area contributed by atoms with E-state index in [1.807, 2.05) is 13.0 Å². The zero-order chi connectivity index (χ0) is 37.0. The molecule has 1 aromatic rings. The second kappa shape index (κ2) is 15.7. The van der Waals surface area contributed by atoms with Crippen LogP contribution in [-0.4, -0.2) is 66.2 Å². The summed E-state index contributed by atoms with van der Waals surface area (Å²) in [7, 11) is 0. The van der Waals surface area contributed by atoms with E-state index in [1.54, 1.807) is 13.0 Å². The molecule has 51 heavy (non-hydrogen) atoms. The lowest BCUT2D eigenvalue weighted by Crippen LogP contribution is -2.54. The van der Waals surface area contributed by atoms with Crippen molar-refractivity contribution in [3.63, 3.8) is 0 Å². The average Bonchev–Trinajstić information content (AvgIpc) is 3.35. The minimum absolute atomic E-state index is 0.0531. The maximum Gasteiger partial charge on any atom is 0.430 e. The van der Waals surface area contributed by atoms with Gasteiger partial charge in [0.1, 0.15) is 30.3 Å². The highest BCUT2D eigenvalue weighted by Crippen LogP contribution is 2.51. The number of aryl methyl sites for hydroxylation is 2. The second-order valence-corrected chi connectivity index (χ2v) is 14.0. The van der Waals surface area contributed by atoms with Gasteiger partial charge in [-0.25, -0.2) is 4.79 Å². The molecule has 2 atom stereocenters. The van der Waals surface area contributed by atoms with Crippen molar-refractivity contribution in [3.8, 4) is 5.75 Å². The molecular weight excluding hydrogens is 682 g/mol. The Bertz CT molecular complexity index is 1470. The van der Waals surface area contributed by atoms with Gasteiger partial charge in [-0.2, -0.15) is 26.3 Å². The summed E-state index contributed by atoms with van der Waals surface area (Å²) in [5.41, 5.74) is -7.10. The van der Waals surface area contributed by atoms with E-state index >= 15 is 0 Å². The van der Waals surface area contributed by atoms with Crippen molar-refractivity contribution in [2.24, 2.45) is 11.8 Å². The van der Waals surface area contributed by atoms with Crippen molar-refractivity contribution in [3.05, 3.63) is 52.5 Å². The summed E-state index contributed by atoms with van der Waals surface area (Å²) in [4.78, 5) is 28.0. The fourth-order valence-electron chi connectivity index (χ4n) is 7.84. The third-order valence-corrected chi connectivity index (χ3v) is 10.7. The van der Waals surface area contributed by atoms with Crippen LogP contribution in [0.15, 0.2) is 35.8 Å². The summed E-state index contributed by atoms with van der Waals surface area (Å²) in [5.74, 6) is 1.11. The number of ether oxygens (including phenoxy) is 3. The van der Waals surface area contributed by atoms with Crippen LogP contribution < -0.4 is 10.1 Å². The van der Waals surface area contributed by atoms with E-state index in [-0.39, 0.29) is 54.7 Å². The number of alkyl halides is 6. The van der Waals surface area contributed by atoms with Crippen LogP contribution in [-0.2, 0) is 32.7 Å². The van der Waals surface area contributed by atoms with Crippen molar-refractivity contribution < 1.29 is 55.2 Å². The zero-order valence-electron chi connectivity index (χ0n) is 29.2. The highest BCUT2D eigenvalue weighted by molar-refractivity contribution is 6.07. The van der Waals surface area contributed by atoms with E-state index in [0.29, 0.717) is 69.2 Å². The number of urea groups is 1. The van der Waals surface area contributed by atoms with E-state index in [4.69, 9.17) is 14.2 Å². The first-order valence-electron chi connectivity index (χ1n) is 18.1. The summed E-state index contributed by atoms with van der Waals surface area (Å²) in [6.45, 7) is 4.58. The molecule has 5 rings (SSSR count). The molecule has 1 aromatic carbocycles. The molecule has 2 aliphatic carbocycles. The van der Waals surface area contributed by atoms with Gasteiger partial charge in [0.05, 0.1) is 6.61 Å². The van der Waals surface area contributed by atoms with Crippen LogP contribution in [0.3, 0.4) is 0 Å². The predicted octanol–water partition coefficient (Wildman–Crippen LogP) is 8.16. The topological polar surface area (TPSA) is 97.3 Å². The van der Waals surface area contributed by atoms with Crippen molar-refractivity contribution in [1.29, 1.82) is 0 Å². The molecule has 1 saturated heterocycles. The lowest BCUT2D eigenvalue weighted by Gasteiger charge is -2.36. The van der Waals surface area contributed by atoms with Crippen molar-refractivity contribution >= 4 is 11.9 Å². The quantitative estimate of drug-likeness (QED) is 0.114. The normalized spacial score (nSPS) is 23.2. The fourth-order valence-corrected chi connectivity index (χ4v) is 7.84. The molecule has 2 fully saturated rings. The van der Waals surface area contributed by atoms with Gasteiger partial charge in [0.2, 0.25) is 0 Å². The minimum atomic E-state index is -6.00. The molecule has 3 amide bonds. The molecular formula is C37H48F6N2O6. The number of carbonyl (C=O) groups excluding carboxylic acids is 2. The van der Waals surface area contributed by atoms with Gasteiger partial charge >= 0.3 is 18.4 Å². The van der Waals surface area contributed by atoms with E-state index in [2.05, 4.69) is 5.32 Å². The number of rotatable bonds is 14. The van der Waals surface area contributed by atoms with Gasteiger partial charge in [0.25, 0.3) is 11.5 Å². The Hall–Kier alpha value is -3.42. The molecule has 4 aliphatic rings. The molecule has 0 aromatic heterocycles. The Morgan fingerprint density at radius 3 is 2.27 bits per heavy atom. The Morgan fingerprint density at radius 2 is 1.63 bits per heavy atom. The highest BCUT2D eigenvalue weighted by atomic mass is 19.4. The van der Waals surface area contributed by atoms with Gasteiger partial charge in [0.15, 0.2) is 5.76 Å². The Balaban J connectivity index is 1.29. The number of benzene rings is 1. The molecule has 14 heteroatoms. The van der Waals surface area contributed by atoms with Crippen LogP contribution in [0, 0.1) is 11.8 Å². The number of nitrogens with one attached hydrogen (secondary N) is 1.